The molecule has 5 aliphatic carbocycles. The number of aliphatic hydroxyl groups is 8. The van der Waals surface area contributed by atoms with Crippen LogP contribution in [-0.2, 0) is 14.3 Å². The largest absolute Gasteiger partial charge is 0.432 e. The molecule has 1 saturated heterocycles. The first-order chi connectivity index (χ1) is 21.8. The standard InChI is InChI=1S/C36H58O11/c1-18-9-12-36(30(44)47-29-26(42)25(41)24(40)21(16-37)46-29)14-13-33(4)19(27(36)35(18,6)45)7-8-23-31(2)15-20(39)28(43)32(3,17-38)22(31)10-11-34(23,33)5/h7,18,20-29,37-43,45H,8-17H2,1-6H3/t18-,20-,21-,22?,23?,24-,25+,26-,27-,28-,29+,31+,32+,33-,34-,35-,36+/m1/s1. The summed E-state index contributed by atoms with van der Waals surface area (Å²) in [5.74, 6) is -1.23. The first-order valence-corrected chi connectivity index (χ1v) is 17.7. The number of rotatable bonds is 4. The van der Waals surface area contributed by atoms with E-state index in [2.05, 4.69) is 26.8 Å². The van der Waals surface area contributed by atoms with Gasteiger partial charge in [0.05, 0.1) is 36.4 Å². The molecule has 268 valence electrons. The summed E-state index contributed by atoms with van der Waals surface area (Å²) in [6.07, 6.45) is -2.75. The maximum absolute atomic E-state index is 14.5. The van der Waals surface area contributed by atoms with Crippen molar-refractivity contribution in [3.05, 3.63) is 11.6 Å². The molecule has 5 fully saturated rings. The number of aliphatic hydroxyl groups excluding tert-OH is 7. The molecule has 0 aromatic rings. The van der Waals surface area contributed by atoms with Gasteiger partial charge in [0.2, 0.25) is 6.29 Å². The van der Waals surface area contributed by atoms with Gasteiger partial charge in [-0.25, -0.2) is 0 Å². The van der Waals surface area contributed by atoms with Gasteiger partial charge in [0.1, 0.15) is 24.4 Å². The van der Waals surface area contributed by atoms with Crippen molar-refractivity contribution in [1.29, 1.82) is 0 Å². The first-order valence-electron chi connectivity index (χ1n) is 17.7. The topological polar surface area (TPSA) is 197 Å². The second kappa shape index (κ2) is 11.4. The summed E-state index contributed by atoms with van der Waals surface area (Å²) in [4.78, 5) is 14.5. The Bertz CT molecular complexity index is 1270. The van der Waals surface area contributed by atoms with Crippen LogP contribution >= 0.6 is 0 Å². The number of allylic oxidation sites excluding steroid dienone is 1. The molecule has 47 heavy (non-hydrogen) atoms. The molecule has 0 aromatic carbocycles. The van der Waals surface area contributed by atoms with Gasteiger partial charge < -0.3 is 50.3 Å². The molecule has 0 amide bonds. The maximum Gasteiger partial charge on any atom is 0.315 e. The molecular formula is C36H58O11. The van der Waals surface area contributed by atoms with Crippen LogP contribution in [0.5, 0.6) is 0 Å². The summed E-state index contributed by atoms with van der Waals surface area (Å²) in [6, 6.07) is 0. The molecule has 17 atom stereocenters. The number of carbonyl (C=O) groups is 1. The van der Waals surface area contributed by atoms with E-state index in [0.29, 0.717) is 38.5 Å². The van der Waals surface area contributed by atoms with Crippen LogP contribution in [0.15, 0.2) is 11.6 Å². The van der Waals surface area contributed by atoms with Crippen molar-refractivity contribution in [3.8, 4) is 0 Å². The average Bonchev–Trinajstić information content (AvgIpc) is 3.02. The molecule has 1 heterocycles. The molecule has 0 spiro atoms. The fraction of sp³-hybridized carbons (Fsp3) is 0.917. The molecule has 4 saturated carbocycles. The summed E-state index contributed by atoms with van der Waals surface area (Å²) in [5.41, 5.74) is -3.27. The van der Waals surface area contributed by atoms with E-state index in [1.807, 2.05) is 20.8 Å². The Hall–Kier alpha value is -1.15. The first kappa shape index (κ1) is 35.7. The van der Waals surface area contributed by atoms with Crippen molar-refractivity contribution in [1.82, 2.24) is 0 Å². The number of hydrogen-bond donors (Lipinski definition) is 8. The summed E-state index contributed by atoms with van der Waals surface area (Å²) in [6.45, 7) is 11.6. The molecular weight excluding hydrogens is 608 g/mol. The average molecular weight is 667 g/mol. The van der Waals surface area contributed by atoms with E-state index in [1.54, 1.807) is 0 Å². The fourth-order valence-electron chi connectivity index (χ4n) is 12.4. The summed E-state index contributed by atoms with van der Waals surface area (Å²) >= 11 is 0. The zero-order chi connectivity index (χ0) is 34.7. The van der Waals surface area contributed by atoms with Gasteiger partial charge in [-0.15, -0.1) is 0 Å². The van der Waals surface area contributed by atoms with Crippen molar-refractivity contribution < 1.29 is 55.1 Å². The highest BCUT2D eigenvalue weighted by Gasteiger charge is 2.72. The third kappa shape index (κ3) is 4.60. The Morgan fingerprint density at radius 1 is 0.915 bits per heavy atom. The molecule has 0 bridgehead atoms. The minimum absolute atomic E-state index is 0.00373. The highest BCUT2D eigenvalue weighted by Crippen LogP contribution is 2.76. The Balaban J connectivity index is 1.40. The fourth-order valence-corrected chi connectivity index (χ4v) is 12.4. The lowest BCUT2D eigenvalue weighted by molar-refractivity contribution is -0.299. The molecule has 11 heteroatoms. The van der Waals surface area contributed by atoms with E-state index >= 15 is 0 Å². The van der Waals surface area contributed by atoms with Crippen LogP contribution in [0.4, 0.5) is 0 Å². The van der Waals surface area contributed by atoms with Crippen LogP contribution < -0.4 is 0 Å². The number of ether oxygens (including phenoxy) is 2. The van der Waals surface area contributed by atoms with Crippen molar-refractivity contribution in [2.75, 3.05) is 13.2 Å². The Morgan fingerprint density at radius 2 is 1.60 bits per heavy atom. The van der Waals surface area contributed by atoms with E-state index in [0.717, 1.165) is 18.4 Å². The predicted molar refractivity (Wildman–Crippen MR) is 169 cm³/mol. The minimum Gasteiger partial charge on any atom is -0.432 e. The van der Waals surface area contributed by atoms with Crippen molar-refractivity contribution in [2.24, 2.45) is 50.7 Å². The molecule has 2 unspecified atom stereocenters. The van der Waals surface area contributed by atoms with Crippen LogP contribution in [0, 0.1) is 50.7 Å². The Kier molecular flexibility index (Phi) is 8.68. The predicted octanol–water partition coefficient (Wildman–Crippen LogP) is 1.41. The monoisotopic (exact) mass is 666 g/mol. The molecule has 11 nitrogen and oxygen atoms in total. The van der Waals surface area contributed by atoms with Gasteiger partial charge in [-0.3, -0.25) is 4.79 Å². The number of esters is 1. The second-order valence-electron chi connectivity index (χ2n) is 17.5. The number of carbonyl (C=O) groups excluding carboxylic acids is 1. The molecule has 0 aromatic heterocycles. The lowest BCUT2D eigenvalue weighted by Crippen LogP contribution is -2.69. The van der Waals surface area contributed by atoms with E-state index in [-0.39, 0.29) is 35.2 Å². The van der Waals surface area contributed by atoms with Gasteiger partial charge in [-0.05, 0) is 92.3 Å². The Labute approximate surface area is 278 Å². The van der Waals surface area contributed by atoms with Crippen LogP contribution in [0.3, 0.4) is 0 Å². The smallest absolute Gasteiger partial charge is 0.315 e. The van der Waals surface area contributed by atoms with Gasteiger partial charge in [0.15, 0.2) is 0 Å². The van der Waals surface area contributed by atoms with Crippen LogP contribution in [0.2, 0.25) is 0 Å². The van der Waals surface area contributed by atoms with Crippen LogP contribution in [0.1, 0.15) is 92.9 Å². The third-order valence-electron chi connectivity index (χ3n) is 15.6. The van der Waals surface area contributed by atoms with Gasteiger partial charge in [-0.2, -0.15) is 0 Å². The van der Waals surface area contributed by atoms with Crippen molar-refractivity contribution in [3.63, 3.8) is 0 Å². The molecule has 0 radical (unpaired) electrons. The van der Waals surface area contributed by atoms with Gasteiger partial charge in [0, 0.05) is 11.3 Å². The van der Waals surface area contributed by atoms with Crippen LogP contribution in [0.25, 0.3) is 0 Å². The van der Waals surface area contributed by atoms with Crippen molar-refractivity contribution >= 4 is 5.97 Å². The van der Waals surface area contributed by atoms with E-state index < -0.39 is 83.3 Å². The van der Waals surface area contributed by atoms with E-state index in [9.17, 15) is 45.6 Å². The zero-order valence-corrected chi connectivity index (χ0v) is 28.8. The highest BCUT2D eigenvalue weighted by molar-refractivity contribution is 5.79. The summed E-state index contributed by atoms with van der Waals surface area (Å²) in [7, 11) is 0. The van der Waals surface area contributed by atoms with E-state index in [4.69, 9.17) is 9.47 Å². The lowest BCUT2D eigenvalue weighted by Gasteiger charge is -2.72. The van der Waals surface area contributed by atoms with Gasteiger partial charge in [0.25, 0.3) is 0 Å². The molecule has 6 rings (SSSR count). The highest BCUT2D eigenvalue weighted by atomic mass is 16.7. The molecule has 6 aliphatic rings. The minimum atomic E-state index is -1.72. The number of hydrogen-bond acceptors (Lipinski definition) is 11. The quantitative estimate of drug-likeness (QED) is 0.160. The number of fused-ring (bicyclic) bond motifs is 7. The van der Waals surface area contributed by atoms with Gasteiger partial charge in [-0.1, -0.05) is 46.3 Å². The third-order valence-corrected chi connectivity index (χ3v) is 15.6. The summed E-state index contributed by atoms with van der Waals surface area (Å²) in [5, 5.41) is 86.2. The van der Waals surface area contributed by atoms with Crippen LogP contribution in [-0.4, -0.2) is 109 Å². The van der Waals surface area contributed by atoms with E-state index in [1.165, 1.54) is 0 Å². The molecule has 1 aliphatic heterocycles. The second-order valence-corrected chi connectivity index (χ2v) is 17.5. The van der Waals surface area contributed by atoms with Crippen molar-refractivity contribution in [2.45, 2.75) is 141 Å². The zero-order valence-electron chi connectivity index (χ0n) is 28.8. The van der Waals surface area contributed by atoms with Gasteiger partial charge >= 0.3 is 5.97 Å². The normalized spacial score (nSPS) is 57.5. The summed E-state index contributed by atoms with van der Waals surface area (Å²) < 4.78 is 11.4. The maximum atomic E-state index is 14.5. The lowest BCUT2D eigenvalue weighted by atomic mass is 9.33. The SMILES string of the molecule is C[C@@H]1CC[C@]2(C(=O)O[C@@H]3O[C@H](CO)[C@@H](O)[C@H](O)[C@H]3O)CC[C@]3(C)C(=CCC4[C@@]5(C)C[C@@H](O)[C@@H](O)[C@@](C)(CO)C5CC[C@]43C)[C@@H]2[C@]1(C)O. The molecule has 8 N–H and O–H groups in total. The Morgan fingerprint density at radius 3 is 2.23 bits per heavy atom.